The highest BCUT2D eigenvalue weighted by atomic mass is 15.3. The molecule has 0 bridgehead atoms. The molecule has 0 amide bonds. The second-order valence-electron chi connectivity index (χ2n) is 3.15. The Morgan fingerprint density at radius 2 is 2.31 bits per heavy atom. The fraction of sp³-hybridized carbons (Fsp3) is 0.400. The van der Waals surface area contributed by atoms with Gasteiger partial charge in [-0.25, -0.2) is 4.68 Å². The van der Waals surface area contributed by atoms with E-state index in [9.17, 15) is 0 Å². The van der Waals surface area contributed by atoms with Crippen LogP contribution in [-0.4, -0.2) is 16.8 Å². The summed E-state index contributed by atoms with van der Waals surface area (Å²) in [5, 5.41) is 4.19. The Balaban J connectivity index is 3.30. The van der Waals surface area contributed by atoms with Crippen molar-refractivity contribution in [1.29, 1.82) is 0 Å². The Hall–Kier alpha value is -1.38. The highest BCUT2D eigenvalue weighted by Gasteiger charge is 1.99. The molecule has 0 atom stereocenters. The van der Waals surface area contributed by atoms with Crippen LogP contribution in [0.1, 0.15) is 25.3 Å². The number of nitrogens with zero attached hydrogens (tertiary/aromatic N) is 3. The van der Waals surface area contributed by atoms with Gasteiger partial charge >= 0.3 is 0 Å². The van der Waals surface area contributed by atoms with Crippen molar-refractivity contribution in [1.82, 2.24) is 9.78 Å². The smallest absolute Gasteiger partial charge is 0.148 e. The molecule has 3 nitrogen and oxygen atoms in total. The molecule has 0 aliphatic rings. The van der Waals surface area contributed by atoms with Crippen LogP contribution in [0.25, 0.3) is 6.20 Å². The zero-order chi connectivity index (χ0) is 9.84. The number of rotatable bonds is 2. The fourth-order valence-corrected chi connectivity index (χ4v) is 1.06. The molecule has 1 rings (SSSR count). The van der Waals surface area contributed by atoms with Gasteiger partial charge in [-0.3, -0.25) is 4.99 Å². The van der Waals surface area contributed by atoms with Gasteiger partial charge in [0.15, 0.2) is 0 Å². The first kappa shape index (κ1) is 9.71. The molecule has 1 aromatic heterocycles. The second kappa shape index (κ2) is 4.03. The lowest BCUT2D eigenvalue weighted by Gasteiger charge is -2.05. The van der Waals surface area contributed by atoms with Gasteiger partial charge in [0.25, 0.3) is 0 Å². The summed E-state index contributed by atoms with van der Waals surface area (Å²) in [5.41, 5.74) is 2.03. The van der Waals surface area contributed by atoms with E-state index >= 15 is 0 Å². The molecule has 0 radical (unpaired) electrons. The maximum atomic E-state index is 4.19. The van der Waals surface area contributed by atoms with Crippen molar-refractivity contribution >= 4 is 6.20 Å². The van der Waals surface area contributed by atoms with Gasteiger partial charge in [0.2, 0.25) is 0 Å². The first-order valence-corrected chi connectivity index (χ1v) is 4.33. The van der Waals surface area contributed by atoms with Crippen molar-refractivity contribution in [2.75, 3.05) is 7.05 Å². The van der Waals surface area contributed by atoms with Gasteiger partial charge in [-0.1, -0.05) is 20.4 Å². The van der Waals surface area contributed by atoms with Crippen LogP contribution >= 0.6 is 0 Å². The van der Waals surface area contributed by atoms with Crippen LogP contribution in [0.15, 0.2) is 23.8 Å². The molecule has 0 aliphatic heterocycles. The van der Waals surface area contributed by atoms with Crippen LogP contribution in [0.5, 0.6) is 0 Å². The summed E-state index contributed by atoms with van der Waals surface area (Å²) >= 11 is 0. The predicted molar refractivity (Wildman–Crippen MR) is 54.2 cm³/mol. The quantitative estimate of drug-likeness (QED) is 0.675. The minimum atomic E-state index is 0.479. The summed E-state index contributed by atoms with van der Waals surface area (Å²) < 4.78 is 1.66. The standard InChI is InChI=1S/C10H15N3/c1-5-13-10(11-4)6-9(7-12-13)8(2)3/h5-8H,1H2,2-4H3. The molecule has 0 fully saturated rings. The van der Waals surface area contributed by atoms with E-state index in [0.717, 1.165) is 5.49 Å². The maximum Gasteiger partial charge on any atom is 0.148 e. The molecule has 0 aromatic carbocycles. The fourth-order valence-electron chi connectivity index (χ4n) is 1.06. The van der Waals surface area contributed by atoms with Crippen molar-refractivity contribution in [3.8, 4) is 0 Å². The first-order chi connectivity index (χ1) is 6.19. The Labute approximate surface area is 78.4 Å². The first-order valence-electron chi connectivity index (χ1n) is 4.33. The van der Waals surface area contributed by atoms with Crippen molar-refractivity contribution in [3.05, 3.63) is 29.9 Å². The molecule has 0 saturated carbocycles. The van der Waals surface area contributed by atoms with Crippen LogP contribution in [0.2, 0.25) is 0 Å². The third-order valence-electron chi connectivity index (χ3n) is 1.93. The van der Waals surface area contributed by atoms with E-state index in [1.54, 1.807) is 17.9 Å². The second-order valence-corrected chi connectivity index (χ2v) is 3.15. The summed E-state index contributed by atoms with van der Waals surface area (Å²) in [6.45, 7) is 7.92. The highest BCUT2D eigenvalue weighted by molar-refractivity contribution is 5.17. The van der Waals surface area contributed by atoms with Gasteiger partial charge < -0.3 is 0 Å². The Morgan fingerprint density at radius 3 is 2.77 bits per heavy atom. The Kier molecular flexibility index (Phi) is 3.01. The summed E-state index contributed by atoms with van der Waals surface area (Å²) in [7, 11) is 1.75. The van der Waals surface area contributed by atoms with E-state index in [-0.39, 0.29) is 0 Å². The van der Waals surface area contributed by atoms with Crippen molar-refractivity contribution in [2.45, 2.75) is 19.8 Å². The molecule has 70 valence electrons. The summed E-state index contributed by atoms with van der Waals surface area (Å²) in [5.74, 6) is 0.479. The van der Waals surface area contributed by atoms with Crippen LogP contribution < -0.4 is 5.49 Å². The van der Waals surface area contributed by atoms with E-state index in [1.165, 1.54) is 5.56 Å². The van der Waals surface area contributed by atoms with Gasteiger partial charge in [0, 0.05) is 13.2 Å². The van der Waals surface area contributed by atoms with E-state index in [1.807, 2.05) is 12.3 Å². The molecule has 0 aliphatic carbocycles. The Bertz CT molecular complexity index is 361. The van der Waals surface area contributed by atoms with Crippen LogP contribution in [-0.2, 0) is 0 Å². The monoisotopic (exact) mass is 177 g/mol. The van der Waals surface area contributed by atoms with Gasteiger partial charge in [0.05, 0.1) is 6.20 Å². The van der Waals surface area contributed by atoms with Gasteiger partial charge in [0.1, 0.15) is 5.49 Å². The molecule has 1 heterocycles. The summed E-state index contributed by atoms with van der Waals surface area (Å²) in [6.07, 6.45) is 3.49. The van der Waals surface area contributed by atoms with E-state index in [4.69, 9.17) is 0 Å². The van der Waals surface area contributed by atoms with Gasteiger partial charge in [-0.15, -0.1) is 0 Å². The minimum absolute atomic E-state index is 0.479. The lowest BCUT2D eigenvalue weighted by atomic mass is 10.1. The highest BCUT2D eigenvalue weighted by Crippen LogP contribution is 2.09. The number of hydrogen-bond donors (Lipinski definition) is 0. The molecule has 0 N–H and O–H groups in total. The minimum Gasteiger partial charge on any atom is -0.270 e. The molecular formula is C10H15N3. The summed E-state index contributed by atoms with van der Waals surface area (Å²) in [6, 6.07) is 2.03. The zero-order valence-corrected chi connectivity index (χ0v) is 8.36. The molecule has 0 unspecified atom stereocenters. The molecule has 0 spiro atoms. The number of hydrogen-bond acceptors (Lipinski definition) is 2. The van der Waals surface area contributed by atoms with E-state index in [0.29, 0.717) is 5.92 Å². The van der Waals surface area contributed by atoms with Crippen LogP contribution in [0, 0.1) is 0 Å². The van der Waals surface area contributed by atoms with Crippen LogP contribution in [0.4, 0.5) is 0 Å². The molecule has 0 saturated heterocycles. The van der Waals surface area contributed by atoms with E-state index < -0.39 is 0 Å². The zero-order valence-electron chi connectivity index (χ0n) is 8.36. The largest absolute Gasteiger partial charge is 0.270 e. The van der Waals surface area contributed by atoms with Gasteiger partial charge in [-0.2, -0.15) is 5.10 Å². The average molecular weight is 177 g/mol. The maximum absolute atomic E-state index is 4.19. The SMILES string of the molecule is C=Cn1ncc(C(C)C)cc1=NC. The lowest BCUT2D eigenvalue weighted by molar-refractivity contribution is 0.774. The van der Waals surface area contributed by atoms with Crippen molar-refractivity contribution in [3.63, 3.8) is 0 Å². The van der Waals surface area contributed by atoms with Crippen molar-refractivity contribution in [2.24, 2.45) is 4.99 Å². The molecule has 3 heteroatoms. The lowest BCUT2D eigenvalue weighted by Crippen LogP contribution is -2.19. The molecular weight excluding hydrogens is 162 g/mol. The van der Waals surface area contributed by atoms with Gasteiger partial charge in [-0.05, 0) is 17.5 Å². The third-order valence-corrected chi connectivity index (χ3v) is 1.93. The Morgan fingerprint density at radius 1 is 1.62 bits per heavy atom. The normalized spacial score (nSPS) is 12.2. The number of aromatic nitrogens is 2. The van der Waals surface area contributed by atoms with Crippen molar-refractivity contribution < 1.29 is 0 Å². The topological polar surface area (TPSA) is 30.2 Å². The van der Waals surface area contributed by atoms with E-state index in [2.05, 4.69) is 30.5 Å². The summed E-state index contributed by atoms with van der Waals surface area (Å²) in [4.78, 5) is 4.11. The predicted octanol–water partition coefficient (Wildman–Crippen LogP) is 1.64. The molecule has 13 heavy (non-hydrogen) atoms. The average Bonchev–Trinajstić information content (AvgIpc) is 2.16. The van der Waals surface area contributed by atoms with Crippen LogP contribution in [0.3, 0.4) is 0 Å². The third kappa shape index (κ3) is 2.05. The molecule has 1 aromatic rings.